The van der Waals surface area contributed by atoms with Gasteiger partial charge in [-0.1, -0.05) is 12.1 Å². The highest BCUT2D eigenvalue weighted by Crippen LogP contribution is 2.31. The van der Waals surface area contributed by atoms with Crippen LogP contribution < -0.4 is 0 Å². The monoisotopic (exact) mass is 320 g/mol. The van der Waals surface area contributed by atoms with E-state index in [-0.39, 0.29) is 23.9 Å². The van der Waals surface area contributed by atoms with Gasteiger partial charge >= 0.3 is 0 Å². The predicted octanol–water partition coefficient (Wildman–Crippen LogP) is 2.91. The minimum Gasteiger partial charge on any atom is -0.372 e. The molecule has 0 aromatic heterocycles. The molecule has 0 spiro atoms. The Morgan fingerprint density at radius 3 is 2.55 bits per heavy atom. The maximum atomic E-state index is 12.9. The van der Waals surface area contributed by atoms with Gasteiger partial charge in [0.1, 0.15) is 5.82 Å². The van der Waals surface area contributed by atoms with Crippen LogP contribution in [0.5, 0.6) is 0 Å². The van der Waals surface area contributed by atoms with E-state index in [1.54, 1.807) is 18.2 Å². The fourth-order valence-corrected chi connectivity index (χ4v) is 3.51. The molecule has 1 amide bonds. The van der Waals surface area contributed by atoms with Gasteiger partial charge in [0, 0.05) is 13.1 Å². The fraction of sp³-hybridized carbons (Fsp3) is 0.375. The van der Waals surface area contributed by atoms with Crippen LogP contribution in [0.2, 0.25) is 0 Å². The molecule has 116 valence electrons. The van der Waals surface area contributed by atoms with Crippen LogP contribution in [0.15, 0.2) is 34.2 Å². The summed E-state index contributed by atoms with van der Waals surface area (Å²) in [6, 6.07) is 6.05. The second-order valence-corrected chi connectivity index (χ2v) is 6.53. The number of nitrogens with zero attached hydrogens (tertiary/aromatic N) is 2. The molecule has 1 fully saturated rings. The number of thioether (sulfide) groups is 1. The Labute approximate surface area is 133 Å². The summed E-state index contributed by atoms with van der Waals surface area (Å²) in [5, 5.41) is 0.723. The number of hydrogen-bond donors (Lipinski definition) is 0. The molecule has 2 aliphatic rings. The number of ether oxygens (including phenoxy) is 1. The lowest BCUT2D eigenvalue weighted by Crippen LogP contribution is -2.47. The van der Waals surface area contributed by atoms with Gasteiger partial charge in [-0.2, -0.15) is 4.99 Å². The van der Waals surface area contributed by atoms with E-state index in [9.17, 15) is 9.18 Å². The maximum Gasteiger partial charge on any atom is 0.286 e. The van der Waals surface area contributed by atoms with E-state index in [0.29, 0.717) is 4.91 Å². The minimum absolute atomic E-state index is 0.118. The third-order valence-electron chi connectivity index (χ3n) is 3.47. The quantitative estimate of drug-likeness (QED) is 0.746. The molecule has 4 nitrogen and oxygen atoms in total. The number of amides is 1. The zero-order chi connectivity index (χ0) is 15.7. The van der Waals surface area contributed by atoms with Crippen molar-refractivity contribution in [2.24, 2.45) is 4.99 Å². The zero-order valence-corrected chi connectivity index (χ0v) is 13.3. The van der Waals surface area contributed by atoms with E-state index in [0.717, 1.165) is 23.8 Å². The summed E-state index contributed by atoms with van der Waals surface area (Å²) >= 11 is 1.37. The molecule has 2 aliphatic heterocycles. The second-order valence-electron chi connectivity index (χ2n) is 5.52. The Balaban J connectivity index is 1.74. The SMILES string of the molecule is C[C@H]1CN(C2=NC(=O)/C(=C/c3ccc(F)cc3)S2)C[C@H](C)O1. The molecule has 0 aliphatic carbocycles. The van der Waals surface area contributed by atoms with Crippen molar-refractivity contribution in [2.45, 2.75) is 26.1 Å². The summed E-state index contributed by atoms with van der Waals surface area (Å²) in [6.45, 7) is 5.49. The summed E-state index contributed by atoms with van der Waals surface area (Å²) in [7, 11) is 0. The molecule has 0 radical (unpaired) electrons. The Morgan fingerprint density at radius 2 is 1.91 bits per heavy atom. The van der Waals surface area contributed by atoms with E-state index in [1.807, 2.05) is 13.8 Å². The van der Waals surface area contributed by atoms with E-state index >= 15 is 0 Å². The molecule has 3 rings (SSSR count). The van der Waals surface area contributed by atoms with Gasteiger partial charge in [0.25, 0.3) is 5.91 Å². The molecule has 2 heterocycles. The molecule has 1 aromatic rings. The molecule has 0 saturated carbocycles. The number of amidine groups is 1. The average molecular weight is 320 g/mol. The number of hydrogen-bond acceptors (Lipinski definition) is 4. The highest BCUT2D eigenvalue weighted by molar-refractivity contribution is 8.18. The predicted molar refractivity (Wildman–Crippen MR) is 86.0 cm³/mol. The van der Waals surface area contributed by atoms with Crippen LogP contribution in [0.25, 0.3) is 6.08 Å². The number of rotatable bonds is 1. The topological polar surface area (TPSA) is 41.9 Å². The third-order valence-corrected chi connectivity index (χ3v) is 4.51. The van der Waals surface area contributed by atoms with E-state index in [2.05, 4.69) is 9.89 Å². The standard InChI is InChI=1S/C16H17FN2O2S/c1-10-8-19(9-11(2)21-10)16-18-15(20)14(22-16)7-12-3-5-13(17)6-4-12/h3-7,10-11H,8-9H2,1-2H3/b14-7-/t10-,11-/m0/s1. The number of carbonyl (C=O) groups excluding carboxylic acids is 1. The Kier molecular flexibility index (Phi) is 4.31. The lowest BCUT2D eigenvalue weighted by Gasteiger charge is -2.35. The first-order valence-corrected chi connectivity index (χ1v) is 8.01. The van der Waals surface area contributed by atoms with E-state index < -0.39 is 0 Å². The van der Waals surface area contributed by atoms with Gasteiger partial charge in [-0.05, 0) is 49.4 Å². The first kappa shape index (κ1) is 15.2. The van der Waals surface area contributed by atoms with Crippen molar-refractivity contribution in [1.29, 1.82) is 0 Å². The molecule has 22 heavy (non-hydrogen) atoms. The molecular formula is C16H17FN2O2S. The maximum absolute atomic E-state index is 12.9. The highest BCUT2D eigenvalue weighted by atomic mass is 32.2. The number of aliphatic imine (C=N–C) groups is 1. The zero-order valence-electron chi connectivity index (χ0n) is 12.5. The number of benzene rings is 1. The third kappa shape index (κ3) is 3.39. The van der Waals surface area contributed by atoms with Crippen LogP contribution in [-0.2, 0) is 9.53 Å². The minimum atomic E-state index is -0.291. The lowest BCUT2D eigenvalue weighted by molar-refractivity contribution is -0.113. The second kappa shape index (κ2) is 6.22. The van der Waals surface area contributed by atoms with Crippen molar-refractivity contribution in [1.82, 2.24) is 4.90 Å². The molecule has 0 N–H and O–H groups in total. The van der Waals surface area contributed by atoms with Gasteiger partial charge < -0.3 is 9.64 Å². The van der Waals surface area contributed by atoms with E-state index in [1.165, 1.54) is 23.9 Å². The van der Waals surface area contributed by atoms with Crippen LogP contribution in [-0.4, -0.2) is 41.3 Å². The molecule has 1 saturated heterocycles. The highest BCUT2D eigenvalue weighted by Gasteiger charge is 2.30. The molecule has 6 heteroatoms. The van der Waals surface area contributed by atoms with Crippen molar-refractivity contribution < 1.29 is 13.9 Å². The number of carbonyl (C=O) groups is 1. The van der Waals surface area contributed by atoms with Gasteiger partial charge in [0.05, 0.1) is 17.1 Å². The van der Waals surface area contributed by atoms with Crippen molar-refractivity contribution in [3.63, 3.8) is 0 Å². The normalized spacial score (nSPS) is 27.4. The summed E-state index contributed by atoms with van der Waals surface area (Å²) in [5.41, 5.74) is 0.789. The largest absolute Gasteiger partial charge is 0.372 e. The lowest BCUT2D eigenvalue weighted by atomic mass is 10.2. The molecule has 0 unspecified atom stereocenters. The van der Waals surface area contributed by atoms with Crippen LogP contribution in [0.3, 0.4) is 0 Å². The number of halogens is 1. The van der Waals surface area contributed by atoms with Gasteiger partial charge in [-0.15, -0.1) is 0 Å². The smallest absolute Gasteiger partial charge is 0.286 e. The molecule has 0 bridgehead atoms. The summed E-state index contributed by atoms with van der Waals surface area (Å²) < 4.78 is 18.6. The first-order chi connectivity index (χ1) is 10.5. The van der Waals surface area contributed by atoms with Gasteiger partial charge in [0.2, 0.25) is 0 Å². The van der Waals surface area contributed by atoms with Crippen LogP contribution in [0, 0.1) is 5.82 Å². The van der Waals surface area contributed by atoms with Crippen LogP contribution in [0.4, 0.5) is 4.39 Å². The van der Waals surface area contributed by atoms with Crippen molar-refractivity contribution in [2.75, 3.05) is 13.1 Å². The van der Waals surface area contributed by atoms with Gasteiger partial charge in [-0.25, -0.2) is 4.39 Å². The fourth-order valence-electron chi connectivity index (χ4n) is 2.58. The van der Waals surface area contributed by atoms with Crippen LogP contribution in [0.1, 0.15) is 19.4 Å². The Bertz CT molecular complexity index is 632. The van der Waals surface area contributed by atoms with Crippen molar-refractivity contribution >= 4 is 28.9 Å². The summed E-state index contributed by atoms with van der Waals surface area (Å²) in [6.07, 6.45) is 1.98. The van der Waals surface area contributed by atoms with E-state index in [4.69, 9.17) is 4.74 Å². The first-order valence-electron chi connectivity index (χ1n) is 7.20. The molecule has 1 aromatic carbocycles. The Hall–Kier alpha value is -1.66. The number of morpholine rings is 1. The van der Waals surface area contributed by atoms with Crippen LogP contribution >= 0.6 is 11.8 Å². The average Bonchev–Trinajstić information content (AvgIpc) is 2.82. The summed E-state index contributed by atoms with van der Waals surface area (Å²) in [5.74, 6) is -0.531. The van der Waals surface area contributed by atoms with Gasteiger partial charge in [-0.3, -0.25) is 4.79 Å². The summed E-state index contributed by atoms with van der Waals surface area (Å²) in [4.78, 5) is 18.9. The Morgan fingerprint density at radius 1 is 1.27 bits per heavy atom. The molecular weight excluding hydrogens is 303 g/mol. The van der Waals surface area contributed by atoms with Gasteiger partial charge in [0.15, 0.2) is 5.17 Å². The van der Waals surface area contributed by atoms with Crippen molar-refractivity contribution in [3.05, 3.63) is 40.6 Å². The molecule has 2 atom stereocenters. The van der Waals surface area contributed by atoms with Crippen molar-refractivity contribution in [3.8, 4) is 0 Å².